The van der Waals surface area contributed by atoms with Crippen molar-refractivity contribution in [3.05, 3.63) is 11.8 Å². The normalized spacial score (nSPS) is 40.1. The van der Waals surface area contributed by atoms with E-state index in [4.69, 9.17) is 4.74 Å². The zero-order valence-electron chi connectivity index (χ0n) is 8.83. The molecule has 0 aromatic rings. The second-order valence-corrected chi connectivity index (χ2v) is 5.15. The van der Waals surface area contributed by atoms with Gasteiger partial charge in [0.05, 0.1) is 6.10 Å². The zero-order valence-corrected chi connectivity index (χ0v) is 8.83. The van der Waals surface area contributed by atoms with Crippen LogP contribution in [0.4, 0.5) is 0 Å². The van der Waals surface area contributed by atoms with Gasteiger partial charge in [-0.25, -0.2) is 0 Å². The van der Waals surface area contributed by atoms with Gasteiger partial charge in [0.15, 0.2) is 5.60 Å². The van der Waals surface area contributed by atoms with Crippen LogP contribution >= 0.6 is 0 Å². The van der Waals surface area contributed by atoms with Crippen molar-refractivity contribution in [3.63, 3.8) is 0 Å². The van der Waals surface area contributed by atoms with Crippen LogP contribution in [0, 0.1) is 5.41 Å². The summed E-state index contributed by atoms with van der Waals surface area (Å²) in [6, 6.07) is 0. The van der Waals surface area contributed by atoms with Crippen molar-refractivity contribution >= 4 is 5.78 Å². The van der Waals surface area contributed by atoms with Crippen molar-refractivity contribution < 1.29 is 14.6 Å². The van der Waals surface area contributed by atoms with Crippen LogP contribution in [0.15, 0.2) is 11.8 Å². The summed E-state index contributed by atoms with van der Waals surface area (Å²) >= 11 is 0. The van der Waals surface area contributed by atoms with E-state index in [-0.39, 0.29) is 11.2 Å². The number of hydrogen-bond acceptors (Lipinski definition) is 3. The summed E-state index contributed by atoms with van der Waals surface area (Å²) in [5, 5.41) is 9.77. The zero-order chi connectivity index (χ0) is 10.6. The predicted molar refractivity (Wildman–Crippen MR) is 51.6 cm³/mol. The minimum atomic E-state index is -0.817. The van der Waals surface area contributed by atoms with E-state index in [1.807, 2.05) is 13.8 Å². The Hall–Kier alpha value is -0.830. The largest absolute Gasteiger partial charge is 0.483 e. The Morgan fingerprint density at radius 3 is 2.71 bits per heavy atom. The quantitative estimate of drug-likeness (QED) is 0.637. The number of fused-ring (bicyclic) bond motifs is 2. The predicted octanol–water partition coefficient (Wildman–Crippen LogP) is 1.41. The maximum Gasteiger partial charge on any atom is 0.202 e. The molecule has 2 atom stereocenters. The van der Waals surface area contributed by atoms with Gasteiger partial charge in [0, 0.05) is 17.9 Å². The fourth-order valence-electron chi connectivity index (χ4n) is 2.28. The molecule has 2 heterocycles. The average Bonchev–Trinajstić information content (AvgIpc) is 2.22. The van der Waals surface area contributed by atoms with Crippen molar-refractivity contribution in [2.75, 3.05) is 0 Å². The molecule has 14 heavy (non-hydrogen) atoms. The highest BCUT2D eigenvalue weighted by atomic mass is 16.5. The van der Waals surface area contributed by atoms with Gasteiger partial charge < -0.3 is 9.84 Å². The summed E-state index contributed by atoms with van der Waals surface area (Å²) in [5.41, 5.74) is -1.05. The van der Waals surface area contributed by atoms with Gasteiger partial charge in [-0.3, -0.25) is 4.79 Å². The number of allylic oxidation sites excluding steroid dienone is 1. The lowest BCUT2D eigenvalue weighted by atomic mass is 9.80. The third-order valence-corrected chi connectivity index (χ3v) is 3.16. The monoisotopic (exact) mass is 196 g/mol. The molecule has 0 aliphatic carbocycles. The van der Waals surface area contributed by atoms with Crippen LogP contribution in [0.25, 0.3) is 0 Å². The van der Waals surface area contributed by atoms with Crippen LogP contribution in [0.3, 0.4) is 0 Å². The van der Waals surface area contributed by atoms with Gasteiger partial charge in [-0.1, -0.05) is 13.8 Å². The van der Waals surface area contributed by atoms with Crippen LogP contribution in [0.5, 0.6) is 0 Å². The molecular formula is C11H16O3. The molecule has 2 aliphatic heterocycles. The Balaban J connectivity index is 2.42. The molecule has 0 amide bonds. The maximum atomic E-state index is 11.7. The third-order valence-electron chi connectivity index (χ3n) is 3.16. The van der Waals surface area contributed by atoms with Crippen LogP contribution in [0.2, 0.25) is 0 Å². The first-order valence-electron chi connectivity index (χ1n) is 4.97. The molecule has 1 saturated heterocycles. The van der Waals surface area contributed by atoms with E-state index in [9.17, 15) is 9.90 Å². The number of aliphatic hydroxyl groups is 1. The van der Waals surface area contributed by atoms with E-state index in [2.05, 4.69) is 0 Å². The Morgan fingerprint density at radius 2 is 2.07 bits per heavy atom. The topological polar surface area (TPSA) is 46.5 Å². The van der Waals surface area contributed by atoms with E-state index in [1.165, 1.54) is 0 Å². The molecule has 0 saturated carbocycles. The van der Waals surface area contributed by atoms with Gasteiger partial charge in [0.1, 0.15) is 5.76 Å². The van der Waals surface area contributed by atoms with E-state index in [0.29, 0.717) is 12.8 Å². The Labute approximate surface area is 83.8 Å². The first-order chi connectivity index (χ1) is 6.33. The van der Waals surface area contributed by atoms with Crippen LogP contribution in [0.1, 0.15) is 33.6 Å². The summed E-state index contributed by atoms with van der Waals surface area (Å²) < 4.78 is 5.66. The van der Waals surface area contributed by atoms with Gasteiger partial charge >= 0.3 is 0 Å². The standard InChI is InChI=1S/C11H16O3/c1-10(2)5-7(12)6-11(3)8(13)4-9(10)14-11/h4,7,12H,5-6H2,1-3H3/t7-,11+/m1/s1. The molecule has 78 valence electrons. The second-order valence-electron chi connectivity index (χ2n) is 5.15. The number of aliphatic hydroxyl groups excluding tert-OH is 1. The van der Waals surface area contributed by atoms with Crippen LogP contribution < -0.4 is 0 Å². The maximum absolute atomic E-state index is 11.7. The lowest BCUT2D eigenvalue weighted by Gasteiger charge is -2.24. The van der Waals surface area contributed by atoms with E-state index >= 15 is 0 Å². The summed E-state index contributed by atoms with van der Waals surface area (Å²) in [7, 11) is 0. The van der Waals surface area contributed by atoms with Gasteiger partial charge in [-0.15, -0.1) is 0 Å². The van der Waals surface area contributed by atoms with Gasteiger partial charge in [0.25, 0.3) is 0 Å². The lowest BCUT2D eigenvalue weighted by Crippen LogP contribution is -2.35. The minimum Gasteiger partial charge on any atom is -0.483 e. The summed E-state index contributed by atoms with van der Waals surface area (Å²) in [4.78, 5) is 11.7. The molecule has 3 nitrogen and oxygen atoms in total. The SMILES string of the molecule is CC1(C)C[C@@H](O)C[C@]2(C)OC1=CC2=O. The van der Waals surface area contributed by atoms with Gasteiger partial charge in [-0.05, 0) is 13.3 Å². The minimum absolute atomic E-state index is 0.0145. The van der Waals surface area contributed by atoms with Crippen molar-refractivity contribution in [3.8, 4) is 0 Å². The van der Waals surface area contributed by atoms with E-state index < -0.39 is 11.7 Å². The highest BCUT2D eigenvalue weighted by Gasteiger charge is 2.49. The first-order valence-corrected chi connectivity index (χ1v) is 4.97. The molecule has 1 N–H and O–H groups in total. The summed E-state index contributed by atoms with van der Waals surface area (Å²) in [6.07, 6.45) is 2.19. The second kappa shape index (κ2) is 2.60. The van der Waals surface area contributed by atoms with Crippen molar-refractivity contribution in [1.82, 2.24) is 0 Å². The molecule has 2 rings (SSSR count). The first kappa shape index (κ1) is 9.71. The summed E-state index contributed by atoms with van der Waals surface area (Å²) in [6.45, 7) is 5.74. The third kappa shape index (κ3) is 1.27. The molecule has 0 radical (unpaired) electrons. The number of hydrogen-bond donors (Lipinski definition) is 1. The fourth-order valence-corrected chi connectivity index (χ4v) is 2.28. The molecule has 3 heteroatoms. The fraction of sp³-hybridized carbons (Fsp3) is 0.727. The smallest absolute Gasteiger partial charge is 0.202 e. The average molecular weight is 196 g/mol. The van der Waals surface area contributed by atoms with Crippen LogP contribution in [-0.4, -0.2) is 22.6 Å². The van der Waals surface area contributed by atoms with Crippen LogP contribution in [-0.2, 0) is 9.53 Å². The van der Waals surface area contributed by atoms with Crippen molar-refractivity contribution in [2.45, 2.75) is 45.3 Å². The Bertz CT molecular complexity index is 316. The molecule has 0 unspecified atom stereocenters. The van der Waals surface area contributed by atoms with Crippen molar-refractivity contribution in [1.29, 1.82) is 0 Å². The number of carbonyl (C=O) groups excluding carboxylic acids is 1. The Morgan fingerprint density at radius 1 is 1.43 bits per heavy atom. The van der Waals surface area contributed by atoms with Gasteiger partial charge in [0.2, 0.25) is 5.78 Å². The van der Waals surface area contributed by atoms with Gasteiger partial charge in [-0.2, -0.15) is 0 Å². The molecule has 0 spiro atoms. The lowest BCUT2D eigenvalue weighted by molar-refractivity contribution is -0.130. The highest BCUT2D eigenvalue weighted by molar-refractivity contribution is 5.99. The molecule has 0 aromatic heterocycles. The van der Waals surface area contributed by atoms with Crippen molar-refractivity contribution in [2.24, 2.45) is 5.41 Å². The molecular weight excluding hydrogens is 180 g/mol. The molecule has 0 aromatic carbocycles. The molecule has 2 bridgehead atoms. The number of rotatable bonds is 0. The summed E-state index contributed by atoms with van der Waals surface area (Å²) in [5.74, 6) is 0.709. The molecule has 1 fully saturated rings. The van der Waals surface area contributed by atoms with E-state index in [1.54, 1.807) is 13.0 Å². The Kier molecular flexibility index (Phi) is 1.80. The number of carbonyl (C=O) groups is 1. The molecule has 2 aliphatic rings. The number of ether oxygens (including phenoxy) is 1. The number of ketones is 1. The highest BCUT2D eigenvalue weighted by Crippen LogP contribution is 2.45. The van der Waals surface area contributed by atoms with E-state index in [0.717, 1.165) is 5.76 Å².